The van der Waals surface area contributed by atoms with E-state index in [1.54, 1.807) is 6.07 Å². The van der Waals surface area contributed by atoms with Gasteiger partial charge in [0.1, 0.15) is 11.8 Å². The Morgan fingerprint density at radius 1 is 1.18 bits per heavy atom. The second-order valence-electron chi connectivity index (χ2n) is 3.51. The maximum absolute atomic E-state index is 12.8. The van der Waals surface area contributed by atoms with Crippen molar-refractivity contribution in [1.82, 2.24) is 20.2 Å². The van der Waals surface area contributed by atoms with E-state index < -0.39 is 11.7 Å². The molecule has 0 spiro atoms. The fourth-order valence-electron chi connectivity index (χ4n) is 1.79. The summed E-state index contributed by atoms with van der Waals surface area (Å²) in [5, 5.41) is 7.72. The van der Waals surface area contributed by atoms with E-state index in [0.717, 1.165) is 6.07 Å². The molecule has 86 valence electrons. The molecule has 0 saturated carbocycles. The Kier molecular flexibility index (Phi) is 1.86. The molecule has 0 aliphatic heterocycles. The average Bonchev–Trinajstić information content (AvgIpc) is 2.65. The minimum atomic E-state index is -4.41. The fourth-order valence-corrected chi connectivity index (χ4v) is 1.79. The number of nitrogens with one attached hydrogen (secondary N) is 1. The number of hydrogen-bond donors (Lipinski definition) is 1. The largest absolute Gasteiger partial charge is 0.418 e. The van der Waals surface area contributed by atoms with E-state index in [-0.39, 0.29) is 5.52 Å². The summed E-state index contributed by atoms with van der Waals surface area (Å²) in [6.45, 7) is 0. The normalized spacial score (nSPS) is 12.4. The molecule has 7 heteroatoms. The van der Waals surface area contributed by atoms with Crippen molar-refractivity contribution in [2.75, 3.05) is 0 Å². The number of aromatic nitrogens is 4. The second kappa shape index (κ2) is 3.16. The molecule has 2 heterocycles. The van der Waals surface area contributed by atoms with E-state index in [2.05, 4.69) is 20.2 Å². The summed E-state index contributed by atoms with van der Waals surface area (Å²) >= 11 is 0. The molecule has 17 heavy (non-hydrogen) atoms. The zero-order chi connectivity index (χ0) is 12.0. The highest BCUT2D eigenvalue weighted by atomic mass is 19.4. The van der Waals surface area contributed by atoms with Gasteiger partial charge in [-0.3, -0.25) is 0 Å². The number of hydrogen-bond acceptors (Lipinski definition) is 3. The van der Waals surface area contributed by atoms with Gasteiger partial charge in [0, 0.05) is 5.39 Å². The third-order valence-corrected chi connectivity index (χ3v) is 2.49. The molecule has 0 bridgehead atoms. The molecule has 0 aliphatic carbocycles. The van der Waals surface area contributed by atoms with Crippen molar-refractivity contribution in [3.05, 3.63) is 30.1 Å². The van der Waals surface area contributed by atoms with Gasteiger partial charge >= 0.3 is 6.18 Å². The molecule has 0 fully saturated rings. The highest BCUT2D eigenvalue weighted by Gasteiger charge is 2.33. The van der Waals surface area contributed by atoms with Crippen LogP contribution < -0.4 is 0 Å². The zero-order valence-corrected chi connectivity index (χ0v) is 8.28. The predicted molar refractivity (Wildman–Crippen MR) is 54.2 cm³/mol. The molecule has 0 radical (unpaired) electrons. The van der Waals surface area contributed by atoms with Crippen LogP contribution in [0.1, 0.15) is 5.56 Å². The summed E-state index contributed by atoms with van der Waals surface area (Å²) in [5.74, 6) is 0. The summed E-state index contributed by atoms with van der Waals surface area (Å²) < 4.78 is 38.3. The number of alkyl halides is 3. The quantitative estimate of drug-likeness (QED) is 0.654. The number of halogens is 3. The monoisotopic (exact) mass is 238 g/mol. The number of H-pyrrole nitrogens is 1. The van der Waals surface area contributed by atoms with Gasteiger partial charge in [-0.05, 0) is 6.07 Å². The number of para-hydroxylation sites is 1. The minimum Gasteiger partial charge on any atom is -0.337 e. The van der Waals surface area contributed by atoms with Crippen LogP contribution in [0.15, 0.2) is 24.5 Å². The van der Waals surface area contributed by atoms with Gasteiger partial charge in [0.25, 0.3) is 0 Å². The van der Waals surface area contributed by atoms with Gasteiger partial charge in [-0.15, -0.1) is 10.2 Å². The van der Waals surface area contributed by atoms with E-state index in [9.17, 15) is 13.2 Å². The van der Waals surface area contributed by atoms with Crippen LogP contribution in [0.5, 0.6) is 0 Å². The lowest BCUT2D eigenvalue weighted by molar-refractivity contribution is -0.136. The molecule has 3 rings (SSSR count). The third-order valence-electron chi connectivity index (χ3n) is 2.49. The van der Waals surface area contributed by atoms with Crippen molar-refractivity contribution in [1.29, 1.82) is 0 Å². The minimum absolute atomic E-state index is 0.0111. The van der Waals surface area contributed by atoms with Gasteiger partial charge in [0.15, 0.2) is 5.65 Å². The smallest absolute Gasteiger partial charge is 0.337 e. The molecule has 0 aliphatic rings. The molecule has 0 amide bonds. The molecule has 0 atom stereocenters. The molecule has 0 unspecified atom stereocenters. The molecule has 0 saturated heterocycles. The Labute approximate surface area is 92.5 Å². The van der Waals surface area contributed by atoms with Crippen LogP contribution in [0.2, 0.25) is 0 Å². The van der Waals surface area contributed by atoms with Gasteiger partial charge in [0.05, 0.1) is 11.1 Å². The summed E-state index contributed by atoms with van der Waals surface area (Å²) in [7, 11) is 0. The molecule has 2 aromatic heterocycles. The molecule has 1 N–H and O–H groups in total. The van der Waals surface area contributed by atoms with Crippen molar-refractivity contribution >= 4 is 22.1 Å². The zero-order valence-electron chi connectivity index (χ0n) is 8.28. The molecular formula is C10H5F3N4. The Morgan fingerprint density at radius 2 is 2.00 bits per heavy atom. The van der Waals surface area contributed by atoms with Crippen molar-refractivity contribution in [2.45, 2.75) is 6.18 Å². The fraction of sp³-hybridized carbons (Fsp3) is 0.100. The third kappa shape index (κ3) is 1.42. The lowest BCUT2D eigenvalue weighted by Gasteiger charge is -2.06. The van der Waals surface area contributed by atoms with Crippen molar-refractivity contribution in [3.8, 4) is 0 Å². The van der Waals surface area contributed by atoms with Crippen molar-refractivity contribution in [3.63, 3.8) is 0 Å². The molecule has 4 nitrogen and oxygen atoms in total. The second-order valence-corrected chi connectivity index (χ2v) is 3.51. The number of aromatic amines is 1. The van der Waals surface area contributed by atoms with E-state index in [4.69, 9.17) is 0 Å². The van der Waals surface area contributed by atoms with Gasteiger partial charge < -0.3 is 4.98 Å². The topological polar surface area (TPSA) is 54.5 Å². The van der Waals surface area contributed by atoms with Crippen molar-refractivity contribution < 1.29 is 13.2 Å². The Hall–Kier alpha value is -2.18. The van der Waals surface area contributed by atoms with Gasteiger partial charge in [-0.25, -0.2) is 4.98 Å². The number of fused-ring (bicyclic) bond motifs is 3. The predicted octanol–water partition coefficient (Wildman–Crippen LogP) is 2.52. The van der Waals surface area contributed by atoms with Gasteiger partial charge in [-0.2, -0.15) is 13.2 Å². The summed E-state index contributed by atoms with van der Waals surface area (Å²) in [6, 6.07) is 3.91. The van der Waals surface area contributed by atoms with E-state index in [1.165, 1.54) is 12.4 Å². The summed E-state index contributed by atoms with van der Waals surface area (Å²) in [4.78, 5) is 6.46. The highest BCUT2D eigenvalue weighted by Crippen LogP contribution is 2.35. The lowest BCUT2D eigenvalue weighted by Crippen LogP contribution is -2.05. The first kappa shape index (κ1) is 10.0. The molecular weight excluding hydrogens is 233 g/mol. The molecule has 1 aromatic carbocycles. The van der Waals surface area contributed by atoms with Gasteiger partial charge in [-0.1, -0.05) is 12.1 Å². The number of benzene rings is 1. The van der Waals surface area contributed by atoms with Crippen molar-refractivity contribution in [2.24, 2.45) is 0 Å². The average molecular weight is 238 g/mol. The van der Waals surface area contributed by atoms with E-state index in [1.807, 2.05) is 0 Å². The number of nitrogens with zero attached hydrogens (tertiary/aromatic N) is 3. The van der Waals surface area contributed by atoms with Crippen LogP contribution in [0.4, 0.5) is 13.2 Å². The molecule has 3 aromatic rings. The van der Waals surface area contributed by atoms with Crippen LogP contribution >= 0.6 is 0 Å². The van der Waals surface area contributed by atoms with E-state index >= 15 is 0 Å². The first-order valence-electron chi connectivity index (χ1n) is 4.72. The summed E-state index contributed by atoms with van der Waals surface area (Å²) in [6.07, 6.45) is -3.22. The maximum Gasteiger partial charge on any atom is 0.418 e. The summed E-state index contributed by atoms with van der Waals surface area (Å²) in [5.41, 5.74) is -0.0990. The van der Waals surface area contributed by atoms with Crippen LogP contribution in [-0.2, 0) is 6.18 Å². The van der Waals surface area contributed by atoms with E-state index in [0.29, 0.717) is 16.6 Å². The Balaban J connectivity index is 2.48. The SMILES string of the molecule is FC(F)(F)c1cccc2c1[nH]c1ncnnc12. The Bertz CT molecular complexity index is 701. The lowest BCUT2D eigenvalue weighted by atomic mass is 10.1. The standard InChI is InChI=1S/C10H5F3N4/c11-10(12,13)6-3-1-2-5-7(6)16-9-8(5)17-15-4-14-9/h1-4H,(H,14,15,16). The highest BCUT2D eigenvalue weighted by molar-refractivity contribution is 6.04. The van der Waals surface area contributed by atoms with Crippen LogP contribution in [0.3, 0.4) is 0 Å². The van der Waals surface area contributed by atoms with Crippen LogP contribution in [-0.4, -0.2) is 20.2 Å². The maximum atomic E-state index is 12.8. The van der Waals surface area contributed by atoms with Crippen LogP contribution in [0.25, 0.3) is 22.1 Å². The van der Waals surface area contributed by atoms with Gasteiger partial charge in [0.2, 0.25) is 0 Å². The number of rotatable bonds is 0. The first-order valence-corrected chi connectivity index (χ1v) is 4.72. The van der Waals surface area contributed by atoms with Crippen LogP contribution in [0, 0.1) is 0 Å². The Morgan fingerprint density at radius 3 is 2.76 bits per heavy atom. The first-order chi connectivity index (χ1) is 8.07.